The molecule has 21 heavy (non-hydrogen) atoms. The number of fused-ring (bicyclic) bond motifs is 2. The summed E-state index contributed by atoms with van der Waals surface area (Å²) in [5, 5.41) is 8.99. The van der Waals surface area contributed by atoms with Crippen LogP contribution in [0.15, 0.2) is 0 Å². The summed E-state index contributed by atoms with van der Waals surface area (Å²) in [6.07, 6.45) is 4.24. The Labute approximate surface area is 123 Å². The molecule has 1 aromatic carbocycles. The number of hydrogen-bond donors (Lipinski definition) is 1. The van der Waals surface area contributed by atoms with E-state index in [4.69, 9.17) is 19.3 Å². The molecule has 0 unspecified atom stereocenters. The summed E-state index contributed by atoms with van der Waals surface area (Å²) in [7, 11) is 1.65. The minimum Gasteiger partial charge on any atom is -0.493 e. The summed E-state index contributed by atoms with van der Waals surface area (Å²) in [6, 6.07) is 0. The van der Waals surface area contributed by atoms with Crippen molar-refractivity contribution in [3.05, 3.63) is 16.7 Å². The van der Waals surface area contributed by atoms with Gasteiger partial charge in [-0.25, -0.2) is 0 Å². The van der Waals surface area contributed by atoms with Crippen molar-refractivity contribution >= 4 is 5.97 Å². The van der Waals surface area contributed by atoms with Crippen molar-refractivity contribution in [2.45, 2.75) is 38.5 Å². The molecule has 0 atom stereocenters. The number of ether oxygens (including phenoxy) is 3. The van der Waals surface area contributed by atoms with E-state index in [0.717, 1.165) is 59.6 Å². The quantitative estimate of drug-likeness (QED) is 0.923. The molecule has 114 valence electrons. The second-order valence-electron chi connectivity index (χ2n) is 5.42. The summed E-state index contributed by atoms with van der Waals surface area (Å²) in [6.45, 7) is 1.36. The monoisotopic (exact) mass is 292 g/mol. The number of aliphatic carboxylic acids is 1. The van der Waals surface area contributed by atoms with Crippen molar-refractivity contribution < 1.29 is 24.1 Å². The highest BCUT2D eigenvalue weighted by Crippen LogP contribution is 2.48. The van der Waals surface area contributed by atoms with Gasteiger partial charge in [0.1, 0.15) is 5.75 Å². The molecule has 1 N–H and O–H groups in total. The Bertz CT molecular complexity index is 527. The Balaban J connectivity index is 2.14. The van der Waals surface area contributed by atoms with Gasteiger partial charge in [-0.3, -0.25) is 4.79 Å². The highest BCUT2D eigenvalue weighted by molar-refractivity contribution is 5.69. The summed E-state index contributed by atoms with van der Waals surface area (Å²) in [5.74, 6) is 1.62. The lowest BCUT2D eigenvalue weighted by atomic mass is 9.90. The van der Waals surface area contributed by atoms with Crippen molar-refractivity contribution in [1.29, 1.82) is 0 Å². The van der Waals surface area contributed by atoms with E-state index in [-0.39, 0.29) is 6.42 Å². The molecular formula is C16H20O5. The minimum absolute atomic E-state index is 0.106. The van der Waals surface area contributed by atoms with Gasteiger partial charge in [0.15, 0.2) is 11.5 Å². The maximum atomic E-state index is 10.9. The third kappa shape index (κ3) is 2.52. The van der Waals surface area contributed by atoms with E-state index in [9.17, 15) is 4.79 Å². The van der Waals surface area contributed by atoms with Gasteiger partial charge in [0, 0.05) is 23.1 Å². The fourth-order valence-corrected chi connectivity index (χ4v) is 3.21. The number of benzene rings is 1. The molecule has 0 fully saturated rings. The zero-order chi connectivity index (χ0) is 14.8. The van der Waals surface area contributed by atoms with Crippen LogP contribution in [-0.4, -0.2) is 31.4 Å². The van der Waals surface area contributed by atoms with Crippen LogP contribution in [0.4, 0.5) is 0 Å². The van der Waals surface area contributed by atoms with Crippen molar-refractivity contribution in [1.82, 2.24) is 0 Å². The van der Waals surface area contributed by atoms with E-state index in [2.05, 4.69) is 0 Å². The van der Waals surface area contributed by atoms with Gasteiger partial charge in [0.05, 0.1) is 20.3 Å². The Morgan fingerprint density at radius 2 is 1.81 bits per heavy atom. The van der Waals surface area contributed by atoms with Crippen molar-refractivity contribution in [2.24, 2.45) is 0 Å². The van der Waals surface area contributed by atoms with Crippen LogP contribution < -0.4 is 14.2 Å². The molecule has 0 aliphatic carbocycles. The van der Waals surface area contributed by atoms with Gasteiger partial charge in [0.2, 0.25) is 0 Å². The van der Waals surface area contributed by atoms with E-state index >= 15 is 0 Å². The third-order valence-electron chi connectivity index (χ3n) is 4.09. The first kappa shape index (κ1) is 14.0. The lowest BCUT2D eigenvalue weighted by Gasteiger charge is -2.29. The van der Waals surface area contributed by atoms with Crippen LogP contribution in [0.5, 0.6) is 17.2 Å². The molecule has 0 saturated carbocycles. The molecule has 0 aromatic heterocycles. The smallest absolute Gasteiger partial charge is 0.303 e. The Morgan fingerprint density at radius 1 is 1.14 bits per heavy atom. The molecule has 2 heterocycles. The van der Waals surface area contributed by atoms with Gasteiger partial charge in [-0.1, -0.05) is 0 Å². The molecule has 5 nitrogen and oxygen atoms in total. The number of carboxylic acids is 1. The summed E-state index contributed by atoms with van der Waals surface area (Å²) < 4.78 is 17.3. The van der Waals surface area contributed by atoms with Gasteiger partial charge in [-0.15, -0.1) is 0 Å². The van der Waals surface area contributed by atoms with E-state index in [1.54, 1.807) is 7.11 Å². The number of methoxy groups -OCH3 is 1. The molecule has 5 heteroatoms. The number of rotatable bonds is 4. The molecule has 0 bridgehead atoms. The Hall–Kier alpha value is -1.91. The molecule has 0 saturated heterocycles. The average Bonchev–Trinajstić information content (AvgIpc) is 2.51. The summed E-state index contributed by atoms with van der Waals surface area (Å²) in [5.41, 5.74) is 3.10. The van der Waals surface area contributed by atoms with Gasteiger partial charge in [-0.05, 0) is 32.1 Å². The number of carbonyl (C=O) groups is 1. The van der Waals surface area contributed by atoms with E-state index < -0.39 is 5.97 Å². The summed E-state index contributed by atoms with van der Waals surface area (Å²) >= 11 is 0. The van der Waals surface area contributed by atoms with E-state index in [1.807, 2.05) is 0 Å². The SMILES string of the molecule is COc1c2c(c(CCC(=O)O)c3c1OCCC3)OCCC2. The first-order valence-electron chi connectivity index (χ1n) is 7.44. The fraction of sp³-hybridized carbons (Fsp3) is 0.562. The molecule has 2 aliphatic rings. The average molecular weight is 292 g/mol. The lowest BCUT2D eigenvalue weighted by molar-refractivity contribution is -0.136. The fourth-order valence-electron chi connectivity index (χ4n) is 3.21. The van der Waals surface area contributed by atoms with Crippen LogP contribution in [0, 0.1) is 0 Å². The van der Waals surface area contributed by atoms with E-state index in [0.29, 0.717) is 19.6 Å². The highest BCUT2D eigenvalue weighted by Gasteiger charge is 2.29. The van der Waals surface area contributed by atoms with Gasteiger partial charge in [-0.2, -0.15) is 0 Å². The van der Waals surface area contributed by atoms with Gasteiger partial charge >= 0.3 is 5.97 Å². The molecule has 0 spiro atoms. The molecule has 3 rings (SSSR count). The molecule has 2 aliphatic heterocycles. The van der Waals surface area contributed by atoms with Crippen LogP contribution in [0.3, 0.4) is 0 Å². The second-order valence-corrected chi connectivity index (χ2v) is 5.42. The molecule has 1 aromatic rings. The molecular weight excluding hydrogens is 272 g/mol. The van der Waals surface area contributed by atoms with Crippen LogP contribution in [0.2, 0.25) is 0 Å². The van der Waals surface area contributed by atoms with E-state index in [1.165, 1.54) is 0 Å². The Kier molecular flexibility index (Phi) is 3.90. The van der Waals surface area contributed by atoms with Gasteiger partial charge < -0.3 is 19.3 Å². The van der Waals surface area contributed by atoms with Crippen molar-refractivity contribution in [2.75, 3.05) is 20.3 Å². The Morgan fingerprint density at radius 3 is 2.48 bits per heavy atom. The normalized spacial score (nSPS) is 16.2. The zero-order valence-electron chi connectivity index (χ0n) is 12.2. The maximum Gasteiger partial charge on any atom is 0.303 e. The number of carboxylic acid groups (broad SMARTS) is 1. The largest absolute Gasteiger partial charge is 0.493 e. The van der Waals surface area contributed by atoms with Crippen LogP contribution in [-0.2, 0) is 24.1 Å². The zero-order valence-corrected chi connectivity index (χ0v) is 12.2. The van der Waals surface area contributed by atoms with Crippen molar-refractivity contribution in [3.63, 3.8) is 0 Å². The van der Waals surface area contributed by atoms with Gasteiger partial charge in [0.25, 0.3) is 0 Å². The molecule has 0 amide bonds. The van der Waals surface area contributed by atoms with Crippen molar-refractivity contribution in [3.8, 4) is 17.2 Å². The first-order chi connectivity index (χ1) is 10.2. The maximum absolute atomic E-state index is 10.9. The lowest BCUT2D eigenvalue weighted by Crippen LogP contribution is -2.19. The second kappa shape index (κ2) is 5.84. The third-order valence-corrected chi connectivity index (χ3v) is 4.09. The predicted octanol–water partition coefficient (Wildman–Crippen LogP) is 2.36. The van der Waals surface area contributed by atoms with Crippen LogP contribution >= 0.6 is 0 Å². The topological polar surface area (TPSA) is 65.0 Å². The number of hydrogen-bond acceptors (Lipinski definition) is 4. The minimum atomic E-state index is -0.791. The summed E-state index contributed by atoms with van der Waals surface area (Å²) in [4.78, 5) is 10.9. The molecule has 0 radical (unpaired) electrons. The van der Waals surface area contributed by atoms with Crippen LogP contribution in [0.25, 0.3) is 0 Å². The highest BCUT2D eigenvalue weighted by atomic mass is 16.5. The first-order valence-corrected chi connectivity index (χ1v) is 7.44. The predicted molar refractivity (Wildman–Crippen MR) is 76.6 cm³/mol. The van der Waals surface area contributed by atoms with Crippen LogP contribution in [0.1, 0.15) is 36.0 Å². The standard InChI is InChI=1S/C16H20O5/c1-19-15-12-5-3-8-20-14(12)11(6-7-13(17)18)10-4-2-9-21-16(10)15/h2-9H2,1H3,(H,17,18).